The van der Waals surface area contributed by atoms with Crippen LogP contribution in [0.2, 0.25) is 5.04 Å². The first-order valence-electron chi connectivity index (χ1n) is 16.9. The predicted octanol–water partition coefficient (Wildman–Crippen LogP) is 7.09. The fourth-order valence-electron chi connectivity index (χ4n) is 7.14. The zero-order valence-corrected chi connectivity index (χ0v) is 29.5. The van der Waals surface area contributed by atoms with Crippen LogP contribution in [0.4, 0.5) is 0 Å². The van der Waals surface area contributed by atoms with Crippen molar-refractivity contribution in [3.63, 3.8) is 0 Å². The molecule has 2 unspecified atom stereocenters. The fraction of sp³-hybridized carbons (Fsp3) is 0.649. The smallest absolute Gasteiger partial charge is 0.261 e. The maximum absolute atomic E-state index is 14.1. The molecule has 1 saturated heterocycles. The van der Waals surface area contributed by atoms with Gasteiger partial charge in [0.2, 0.25) is 5.91 Å². The highest BCUT2D eigenvalue weighted by atomic mass is 28.4. The minimum absolute atomic E-state index is 0.1000. The average Bonchev–Trinajstić information content (AvgIpc) is 2.98. The summed E-state index contributed by atoms with van der Waals surface area (Å²) in [6.45, 7) is 15.9. The molecule has 1 fully saturated rings. The fourth-order valence-corrected chi connectivity index (χ4v) is 11.9. The summed E-state index contributed by atoms with van der Waals surface area (Å²) in [5.74, 6) is 0.351. The number of amides is 1. The standard InChI is InChI=1S/C37H60N2O3Si/c1-9-10-11-12-20-27-41-28-21-19-26-34(33-29-38(7)35(30(2)3)39(8)36(33)40)42-43(37(4,5)6,31-22-15-13-16-23-31)32-24-17-14-18-25-32/h13-18,22-25,30,33-35H,9-12,19-21,26-29H2,1-8H3/t33?,34?,35-/m1/s1. The second kappa shape index (κ2) is 16.9. The van der Waals surface area contributed by atoms with Crippen LogP contribution in [0.5, 0.6) is 0 Å². The third kappa shape index (κ3) is 9.03. The van der Waals surface area contributed by atoms with Gasteiger partial charge in [-0.1, -0.05) is 128 Å². The average molecular weight is 609 g/mol. The number of hydrogen-bond acceptors (Lipinski definition) is 4. The van der Waals surface area contributed by atoms with E-state index in [-0.39, 0.29) is 29.1 Å². The van der Waals surface area contributed by atoms with Crippen molar-refractivity contribution in [2.75, 3.05) is 33.9 Å². The summed E-state index contributed by atoms with van der Waals surface area (Å²) >= 11 is 0. The molecule has 6 heteroatoms. The number of carbonyl (C=O) groups is 1. The van der Waals surface area contributed by atoms with Crippen molar-refractivity contribution in [1.82, 2.24) is 9.80 Å². The summed E-state index contributed by atoms with van der Waals surface area (Å²) in [7, 11) is 1.31. The molecular formula is C37H60N2O3Si. The van der Waals surface area contributed by atoms with Crippen molar-refractivity contribution in [1.29, 1.82) is 0 Å². The molecule has 3 rings (SSSR count). The van der Waals surface area contributed by atoms with E-state index in [0.717, 1.165) is 38.9 Å². The molecule has 2 aromatic carbocycles. The van der Waals surface area contributed by atoms with Crippen LogP contribution in [0.25, 0.3) is 0 Å². The second-order valence-corrected chi connectivity index (χ2v) is 18.2. The van der Waals surface area contributed by atoms with E-state index in [1.807, 2.05) is 11.9 Å². The lowest BCUT2D eigenvalue weighted by atomic mass is 9.91. The molecule has 1 heterocycles. The Hall–Kier alpha value is -1.99. The predicted molar refractivity (Wildman–Crippen MR) is 183 cm³/mol. The minimum Gasteiger partial charge on any atom is -0.404 e. The third-order valence-electron chi connectivity index (χ3n) is 9.21. The van der Waals surface area contributed by atoms with Crippen LogP contribution in [-0.4, -0.2) is 70.1 Å². The van der Waals surface area contributed by atoms with Crippen LogP contribution in [0.1, 0.15) is 92.9 Å². The van der Waals surface area contributed by atoms with E-state index in [0.29, 0.717) is 12.5 Å². The van der Waals surface area contributed by atoms with Gasteiger partial charge in [0.25, 0.3) is 8.32 Å². The first-order valence-corrected chi connectivity index (χ1v) is 18.8. The van der Waals surface area contributed by atoms with E-state index in [9.17, 15) is 4.79 Å². The molecule has 0 aliphatic carbocycles. The van der Waals surface area contributed by atoms with Gasteiger partial charge in [-0.2, -0.15) is 0 Å². The van der Waals surface area contributed by atoms with Gasteiger partial charge in [0.05, 0.1) is 18.2 Å². The molecule has 0 spiro atoms. The lowest BCUT2D eigenvalue weighted by molar-refractivity contribution is -0.155. The quantitative estimate of drug-likeness (QED) is 0.142. The SMILES string of the molecule is CCCCCCCOCCCCC(O[Si](c1ccccc1)(c1ccccc1)C(C)(C)C)C1CN(C)[C@@H](C(C)C)N(C)C1=O. The van der Waals surface area contributed by atoms with Crippen molar-refractivity contribution in [3.05, 3.63) is 60.7 Å². The molecule has 0 bridgehead atoms. The zero-order valence-electron chi connectivity index (χ0n) is 28.5. The van der Waals surface area contributed by atoms with E-state index in [1.54, 1.807) is 0 Å². The lowest BCUT2D eigenvalue weighted by Crippen LogP contribution is -2.69. The first-order chi connectivity index (χ1) is 20.5. The zero-order chi connectivity index (χ0) is 31.5. The van der Waals surface area contributed by atoms with Crippen molar-refractivity contribution < 1.29 is 14.0 Å². The summed E-state index contributed by atoms with van der Waals surface area (Å²) in [6.07, 6.45) is 9.00. The molecule has 1 amide bonds. The molecule has 1 aliphatic rings. The highest BCUT2D eigenvalue weighted by molar-refractivity contribution is 6.99. The molecule has 0 N–H and O–H groups in total. The van der Waals surface area contributed by atoms with Gasteiger partial charge < -0.3 is 14.1 Å². The molecule has 43 heavy (non-hydrogen) atoms. The maximum Gasteiger partial charge on any atom is 0.261 e. The molecule has 1 aliphatic heterocycles. The van der Waals surface area contributed by atoms with Crippen LogP contribution in [0, 0.1) is 11.8 Å². The Morgan fingerprint density at radius 2 is 1.37 bits per heavy atom. The summed E-state index contributed by atoms with van der Waals surface area (Å²) in [5, 5.41) is 2.37. The van der Waals surface area contributed by atoms with E-state index in [4.69, 9.17) is 9.16 Å². The summed E-state index contributed by atoms with van der Waals surface area (Å²) < 4.78 is 13.7. The van der Waals surface area contributed by atoms with Crippen LogP contribution in [-0.2, 0) is 14.0 Å². The van der Waals surface area contributed by atoms with Crippen molar-refractivity contribution in [3.8, 4) is 0 Å². The van der Waals surface area contributed by atoms with Gasteiger partial charge in [-0.25, -0.2) is 0 Å². The van der Waals surface area contributed by atoms with Crippen LogP contribution in [0.15, 0.2) is 60.7 Å². The highest BCUT2D eigenvalue weighted by Crippen LogP contribution is 2.40. The Morgan fingerprint density at radius 1 is 0.837 bits per heavy atom. The van der Waals surface area contributed by atoms with Crippen LogP contribution in [0.3, 0.4) is 0 Å². The van der Waals surface area contributed by atoms with E-state index < -0.39 is 8.32 Å². The summed E-state index contributed by atoms with van der Waals surface area (Å²) in [5.41, 5.74) is 0. The largest absolute Gasteiger partial charge is 0.404 e. The second-order valence-electron chi connectivity index (χ2n) is 14.0. The molecule has 5 nitrogen and oxygen atoms in total. The third-order valence-corrected chi connectivity index (χ3v) is 14.3. The molecule has 0 aromatic heterocycles. The topological polar surface area (TPSA) is 42.0 Å². The number of unbranched alkanes of at least 4 members (excludes halogenated alkanes) is 5. The monoisotopic (exact) mass is 608 g/mol. The van der Waals surface area contributed by atoms with Gasteiger partial charge in [0, 0.05) is 26.8 Å². The Morgan fingerprint density at radius 3 is 1.88 bits per heavy atom. The van der Waals surface area contributed by atoms with Crippen molar-refractivity contribution in [2.45, 2.75) is 110 Å². The Bertz CT molecular complexity index is 1030. The maximum atomic E-state index is 14.1. The van der Waals surface area contributed by atoms with Gasteiger partial charge in [-0.15, -0.1) is 0 Å². The molecular weight excluding hydrogens is 549 g/mol. The Kier molecular flexibility index (Phi) is 14.0. The minimum atomic E-state index is -2.83. The van der Waals surface area contributed by atoms with Crippen molar-refractivity contribution in [2.24, 2.45) is 11.8 Å². The molecule has 0 radical (unpaired) electrons. The lowest BCUT2D eigenvalue weighted by Gasteiger charge is -2.50. The number of ether oxygens (including phenoxy) is 1. The van der Waals surface area contributed by atoms with Gasteiger partial charge in [0.15, 0.2) is 0 Å². The van der Waals surface area contributed by atoms with E-state index >= 15 is 0 Å². The number of nitrogens with zero attached hydrogens (tertiary/aromatic N) is 2. The molecule has 3 atom stereocenters. The molecule has 0 saturated carbocycles. The van der Waals surface area contributed by atoms with E-state index in [2.05, 4.69) is 114 Å². The summed E-state index contributed by atoms with van der Waals surface area (Å²) in [6, 6.07) is 21.6. The Labute approximate surface area is 264 Å². The number of carbonyl (C=O) groups excluding carboxylic acids is 1. The molecule has 240 valence electrons. The molecule has 2 aromatic rings. The normalized spacial score (nSPS) is 19.3. The van der Waals surface area contributed by atoms with Gasteiger partial charge in [0.1, 0.15) is 0 Å². The number of hydrogen-bond donors (Lipinski definition) is 0. The van der Waals surface area contributed by atoms with Gasteiger partial charge >= 0.3 is 0 Å². The van der Waals surface area contributed by atoms with Gasteiger partial charge in [-0.05, 0) is 54.1 Å². The van der Waals surface area contributed by atoms with Gasteiger partial charge in [-0.3, -0.25) is 9.69 Å². The summed E-state index contributed by atoms with van der Waals surface area (Å²) in [4.78, 5) is 18.5. The Balaban J connectivity index is 1.90. The number of benzene rings is 2. The number of rotatable bonds is 17. The van der Waals surface area contributed by atoms with Crippen LogP contribution >= 0.6 is 0 Å². The first kappa shape index (κ1) is 35.5. The highest BCUT2D eigenvalue weighted by Gasteiger charge is 2.53. The van der Waals surface area contributed by atoms with Crippen LogP contribution < -0.4 is 10.4 Å². The van der Waals surface area contributed by atoms with E-state index in [1.165, 1.54) is 36.1 Å². The van der Waals surface area contributed by atoms with Crippen molar-refractivity contribution >= 4 is 24.6 Å².